The second kappa shape index (κ2) is 5.67. The van der Waals surface area contributed by atoms with Crippen molar-refractivity contribution in [1.29, 1.82) is 0 Å². The summed E-state index contributed by atoms with van der Waals surface area (Å²) in [4.78, 5) is 11.5. The molecule has 0 saturated carbocycles. The summed E-state index contributed by atoms with van der Waals surface area (Å²) < 4.78 is 17.9. The summed E-state index contributed by atoms with van der Waals surface area (Å²) in [7, 11) is 0. The smallest absolute Gasteiger partial charge is 0.333 e. The maximum Gasteiger partial charge on any atom is 0.333 e. The second-order valence-corrected chi connectivity index (χ2v) is 4.99. The first kappa shape index (κ1) is 14.2. The average molecular weight is 251 g/mol. The Hall–Kier alpha value is -1.84. The van der Waals surface area contributed by atoms with Gasteiger partial charge in [-0.25, -0.2) is 9.18 Å². The molecule has 0 atom stereocenters. The first-order valence-electron chi connectivity index (χ1n) is 5.70. The number of ether oxygens (including phenoxy) is 1. The number of carbonyl (C=O) groups is 1. The molecule has 0 spiro atoms. The number of benzene rings is 1. The standard InChI is InChI=1S/C14H18FNO2/c1-10(9-13(17)18-14(2,3)4)16-12-7-5-11(15)6-8-12/h5-9,16H,1-4H3/b10-9-. The molecule has 0 fully saturated rings. The fraction of sp³-hybridized carbons (Fsp3) is 0.357. The van der Waals surface area contributed by atoms with Crippen molar-refractivity contribution < 1.29 is 13.9 Å². The quantitative estimate of drug-likeness (QED) is 0.660. The van der Waals surface area contributed by atoms with Crippen molar-refractivity contribution in [3.63, 3.8) is 0 Å². The number of nitrogens with one attached hydrogen (secondary N) is 1. The lowest BCUT2D eigenvalue weighted by molar-refractivity contribution is -0.148. The molecule has 0 aromatic heterocycles. The average Bonchev–Trinajstić information content (AvgIpc) is 2.18. The van der Waals surface area contributed by atoms with Crippen LogP contribution < -0.4 is 5.32 Å². The summed E-state index contributed by atoms with van der Waals surface area (Å²) in [6, 6.07) is 5.90. The zero-order valence-electron chi connectivity index (χ0n) is 11.1. The molecule has 0 aliphatic rings. The van der Waals surface area contributed by atoms with Crippen molar-refractivity contribution in [1.82, 2.24) is 0 Å². The Balaban J connectivity index is 2.62. The SMILES string of the molecule is C/C(=C/C(=O)OC(C)(C)C)Nc1ccc(F)cc1. The van der Waals surface area contributed by atoms with Gasteiger partial charge in [-0.05, 0) is 52.0 Å². The minimum absolute atomic E-state index is 0.297. The Morgan fingerprint density at radius 3 is 2.33 bits per heavy atom. The van der Waals surface area contributed by atoms with Crippen LogP contribution in [0.25, 0.3) is 0 Å². The van der Waals surface area contributed by atoms with Gasteiger partial charge in [0.25, 0.3) is 0 Å². The number of hydrogen-bond donors (Lipinski definition) is 1. The predicted octanol–water partition coefficient (Wildman–Crippen LogP) is 3.48. The van der Waals surface area contributed by atoms with E-state index in [-0.39, 0.29) is 5.82 Å². The molecule has 1 aromatic carbocycles. The summed E-state index contributed by atoms with van der Waals surface area (Å²) in [5, 5.41) is 2.98. The number of allylic oxidation sites excluding steroid dienone is 1. The van der Waals surface area contributed by atoms with E-state index in [1.165, 1.54) is 18.2 Å². The first-order chi connectivity index (χ1) is 8.26. The summed E-state index contributed by atoms with van der Waals surface area (Å²) >= 11 is 0. The Bertz CT molecular complexity index is 444. The minimum Gasteiger partial charge on any atom is -0.457 e. The Morgan fingerprint density at radius 2 is 1.83 bits per heavy atom. The van der Waals surface area contributed by atoms with Gasteiger partial charge in [0.1, 0.15) is 11.4 Å². The summed E-state index contributed by atoms with van der Waals surface area (Å²) in [6.45, 7) is 7.16. The van der Waals surface area contributed by atoms with Crippen molar-refractivity contribution in [2.75, 3.05) is 5.32 Å². The van der Waals surface area contributed by atoms with E-state index < -0.39 is 11.6 Å². The number of hydrogen-bond acceptors (Lipinski definition) is 3. The van der Waals surface area contributed by atoms with Crippen LogP contribution in [-0.2, 0) is 9.53 Å². The molecule has 1 aromatic rings. The molecule has 0 unspecified atom stereocenters. The van der Waals surface area contributed by atoms with E-state index in [4.69, 9.17) is 4.74 Å². The minimum atomic E-state index is -0.510. The van der Waals surface area contributed by atoms with Crippen LogP contribution >= 0.6 is 0 Å². The van der Waals surface area contributed by atoms with E-state index in [0.29, 0.717) is 11.4 Å². The van der Waals surface area contributed by atoms with Crippen LogP contribution in [0.1, 0.15) is 27.7 Å². The highest BCUT2D eigenvalue weighted by atomic mass is 19.1. The Labute approximate surface area is 107 Å². The number of halogens is 1. The molecule has 1 N–H and O–H groups in total. The maximum atomic E-state index is 12.7. The third-order valence-electron chi connectivity index (χ3n) is 1.93. The molecular weight excluding hydrogens is 233 g/mol. The van der Waals surface area contributed by atoms with Crippen molar-refractivity contribution in [3.8, 4) is 0 Å². The van der Waals surface area contributed by atoms with Crippen LogP contribution in [-0.4, -0.2) is 11.6 Å². The highest BCUT2D eigenvalue weighted by molar-refractivity contribution is 5.83. The van der Waals surface area contributed by atoms with Gasteiger partial charge in [0.2, 0.25) is 0 Å². The van der Waals surface area contributed by atoms with Gasteiger partial charge in [0.15, 0.2) is 0 Å². The fourth-order valence-electron chi connectivity index (χ4n) is 1.30. The molecule has 0 heterocycles. The molecule has 98 valence electrons. The zero-order chi connectivity index (χ0) is 13.8. The largest absolute Gasteiger partial charge is 0.457 e. The Morgan fingerprint density at radius 1 is 1.28 bits per heavy atom. The van der Waals surface area contributed by atoms with E-state index in [2.05, 4.69) is 5.32 Å². The predicted molar refractivity (Wildman–Crippen MR) is 69.6 cm³/mol. The highest BCUT2D eigenvalue weighted by Crippen LogP contribution is 2.12. The normalized spacial score (nSPS) is 12.2. The lowest BCUT2D eigenvalue weighted by Gasteiger charge is -2.18. The van der Waals surface area contributed by atoms with Crippen LogP contribution in [0.15, 0.2) is 36.0 Å². The number of anilines is 1. The maximum absolute atomic E-state index is 12.7. The van der Waals surface area contributed by atoms with Gasteiger partial charge in [0, 0.05) is 17.5 Å². The lowest BCUT2D eigenvalue weighted by atomic mass is 10.2. The zero-order valence-corrected chi connectivity index (χ0v) is 11.1. The summed E-state index contributed by atoms with van der Waals surface area (Å²) in [5.74, 6) is -0.705. The van der Waals surface area contributed by atoms with Crippen molar-refractivity contribution in [2.24, 2.45) is 0 Å². The van der Waals surface area contributed by atoms with Crippen LogP contribution in [0.2, 0.25) is 0 Å². The van der Waals surface area contributed by atoms with E-state index in [1.807, 2.05) is 20.8 Å². The molecule has 0 amide bonds. The van der Waals surface area contributed by atoms with E-state index in [0.717, 1.165) is 0 Å². The molecule has 0 saturated heterocycles. The van der Waals surface area contributed by atoms with Crippen molar-refractivity contribution >= 4 is 11.7 Å². The van der Waals surface area contributed by atoms with E-state index >= 15 is 0 Å². The van der Waals surface area contributed by atoms with Crippen LogP contribution in [0, 0.1) is 5.82 Å². The Kier molecular flexibility index (Phi) is 4.48. The van der Waals surface area contributed by atoms with E-state index in [9.17, 15) is 9.18 Å². The van der Waals surface area contributed by atoms with Gasteiger partial charge in [-0.3, -0.25) is 0 Å². The third-order valence-corrected chi connectivity index (χ3v) is 1.93. The van der Waals surface area contributed by atoms with Gasteiger partial charge >= 0.3 is 5.97 Å². The topological polar surface area (TPSA) is 38.3 Å². The molecule has 0 aliphatic carbocycles. The number of rotatable bonds is 3. The molecule has 0 radical (unpaired) electrons. The number of esters is 1. The third kappa shape index (κ3) is 5.48. The van der Waals surface area contributed by atoms with Gasteiger partial charge < -0.3 is 10.1 Å². The van der Waals surface area contributed by atoms with E-state index in [1.54, 1.807) is 19.1 Å². The van der Waals surface area contributed by atoms with Crippen LogP contribution in [0.5, 0.6) is 0 Å². The van der Waals surface area contributed by atoms with Gasteiger partial charge in [-0.2, -0.15) is 0 Å². The lowest BCUT2D eigenvalue weighted by Crippen LogP contribution is -2.23. The molecule has 3 nitrogen and oxygen atoms in total. The van der Waals surface area contributed by atoms with Gasteiger partial charge in [-0.1, -0.05) is 0 Å². The first-order valence-corrected chi connectivity index (χ1v) is 5.70. The molecule has 0 bridgehead atoms. The van der Waals surface area contributed by atoms with Crippen LogP contribution in [0.3, 0.4) is 0 Å². The molecular formula is C14H18FNO2. The molecule has 1 rings (SSSR count). The monoisotopic (exact) mass is 251 g/mol. The van der Waals surface area contributed by atoms with Crippen molar-refractivity contribution in [2.45, 2.75) is 33.3 Å². The van der Waals surface area contributed by atoms with Crippen molar-refractivity contribution in [3.05, 3.63) is 41.9 Å². The molecule has 4 heteroatoms. The van der Waals surface area contributed by atoms with Gasteiger partial charge in [-0.15, -0.1) is 0 Å². The summed E-state index contributed by atoms with van der Waals surface area (Å²) in [5.41, 5.74) is 0.841. The molecule has 0 aliphatic heterocycles. The fourth-order valence-corrected chi connectivity index (χ4v) is 1.30. The summed E-state index contributed by atoms with van der Waals surface area (Å²) in [6.07, 6.45) is 1.37. The van der Waals surface area contributed by atoms with Gasteiger partial charge in [0.05, 0.1) is 0 Å². The molecule has 18 heavy (non-hydrogen) atoms. The van der Waals surface area contributed by atoms with Crippen LogP contribution in [0.4, 0.5) is 10.1 Å². The second-order valence-electron chi connectivity index (χ2n) is 4.99. The highest BCUT2D eigenvalue weighted by Gasteiger charge is 2.14. The number of carbonyl (C=O) groups excluding carboxylic acids is 1.